The normalized spacial score (nSPS) is 28.5. The maximum atomic E-state index is 13.8. The predicted octanol–water partition coefficient (Wildman–Crippen LogP) is 0.838. The van der Waals surface area contributed by atoms with E-state index in [0.29, 0.717) is 51.0 Å². The van der Waals surface area contributed by atoms with Gasteiger partial charge in [-0.15, -0.1) is 0 Å². The summed E-state index contributed by atoms with van der Waals surface area (Å²) in [6.45, 7) is 6.33. The van der Waals surface area contributed by atoms with Gasteiger partial charge in [-0.3, -0.25) is 24.1 Å². The van der Waals surface area contributed by atoms with Gasteiger partial charge in [0.05, 0.1) is 39.5 Å². The van der Waals surface area contributed by atoms with E-state index < -0.39 is 35.5 Å². The summed E-state index contributed by atoms with van der Waals surface area (Å²) in [7, 11) is 1.58. The molecule has 230 valence electrons. The Balaban J connectivity index is 1.25. The summed E-state index contributed by atoms with van der Waals surface area (Å²) in [6, 6.07) is 4.77. The molecule has 5 rings (SSSR count). The molecular weight excluding hydrogens is 540 g/mol. The second-order valence-corrected chi connectivity index (χ2v) is 12.6. The highest BCUT2D eigenvalue weighted by atomic mass is 16.6. The maximum Gasteiger partial charge on any atom is 0.243 e. The van der Waals surface area contributed by atoms with Crippen LogP contribution in [0.15, 0.2) is 24.3 Å². The van der Waals surface area contributed by atoms with Crippen molar-refractivity contribution in [1.29, 1.82) is 0 Å². The highest BCUT2D eigenvalue weighted by Crippen LogP contribution is 2.55. The Morgan fingerprint density at radius 2 is 1.62 bits per heavy atom. The lowest BCUT2D eigenvalue weighted by Crippen LogP contribution is -2.57. The number of nitrogens with one attached hydrogen (secondary N) is 3. The van der Waals surface area contributed by atoms with Crippen molar-refractivity contribution in [3.05, 3.63) is 29.8 Å². The SMILES string of the molecule is COc1ccc(C[C@H](NC(=O)[C@H](C)NC(=O)CN2CCOCC2)C(=O)NC(CC2C[C@@H]3C[C@@H]3C2)C(=O)C2(C)CO2)cc1. The summed E-state index contributed by atoms with van der Waals surface area (Å²) in [4.78, 5) is 55.0. The van der Waals surface area contributed by atoms with E-state index in [0.717, 1.165) is 30.2 Å². The Hall–Kier alpha value is -3.02. The van der Waals surface area contributed by atoms with Gasteiger partial charge in [-0.05, 0) is 75.0 Å². The van der Waals surface area contributed by atoms with Crippen LogP contribution in [0.25, 0.3) is 0 Å². The topological polar surface area (TPSA) is 139 Å². The molecular formula is C31H44N4O7. The summed E-state index contributed by atoms with van der Waals surface area (Å²) < 4.78 is 16.0. The number of rotatable bonds is 14. The number of amides is 3. The Labute approximate surface area is 247 Å². The van der Waals surface area contributed by atoms with Crippen LogP contribution in [0, 0.1) is 17.8 Å². The Morgan fingerprint density at radius 1 is 0.976 bits per heavy atom. The lowest BCUT2D eigenvalue weighted by molar-refractivity contribution is -0.134. The second kappa shape index (κ2) is 13.1. The van der Waals surface area contributed by atoms with E-state index in [1.165, 1.54) is 6.42 Å². The molecule has 0 aromatic heterocycles. The standard InChI is InChI=1S/C31H44N4O7/c1-19(32-27(36)17-35-8-10-41-11-9-35)29(38)34-26(14-20-4-6-24(40-3)7-5-20)30(39)33-25(28(37)31(2)18-42-31)15-21-12-22-16-23(22)13-21/h4-7,19,21-23,25-26H,8-18H2,1-3H3,(H,32,36)(H,33,39)(H,34,38)/t19-,21?,22-,23+,25?,26-,31?/m0/s1. The van der Waals surface area contributed by atoms with Gasteiger partial charge in [-0.1, -0.05) is 12.1 Å². The van der Waals surface area contributed by atoms with Crippen LogP contribution in [0.3, 0.4) is 0 Å². The van der Waals surface area contributed by atoms with Crippen molar-refractivity contribution in [2.75, 3.05) is 46.6 Å². The van der Waals surface area contributed by atoms with Gasteiger partial charge in [-0.2, -0.15) is 0 Å². The van der Waals surface area contributed by atoms with E-state index in [9.17, 15) is 19.2 Å². The van der Waals surface area contributed by atoms with Crippen molar-refractivity contribution in [2.24, 2.45) is 17.8 Å². The summed E-state index contributed by atoms with van der Waals surface area (Å²) in [6.07, 6.45) is 4.25. The van der Waals surface area contributed by atoms with Crippen LogP contribution in [0.5, 0.6) is 5.75 Å². The molecule has 0 spiro atoms. The first-order valence-corrected chi connectivity index (χ1v) is 15.1. The first-order chi connectivity index (χ1) is 20.1. The van der Waals surface area contributed by atoms with Crippen LogP contribution in [-0.2, 0) is 35.1 Å². The fraction of sp³-hybridized carbons (Fsp3) is 0.677. The highest BCUT2D eigenvalue weighted by Gasteiger charge is 2.52. The van der Waals surface area contributed by atoms with Crippen LogP contribution < -0.4 is 20.7 Å². The average molecular weight is 585 g/mol. The van der Waals surface area contributed by atoms with Gasteiger partial charge in [0.2, 0.25) is 17.7 Å². The number of ketones is 1. The van der Waals surface area contributed by atoms with Gasteiger partial charge in [0.15, 0.2) is 5.78 Å². The minimum Gasteiger partial charge on any atom is -0.497 e. The van der Waals surface area contributed by atoms with Crippen LogP contribution >= 0.6 is 0 Å². The van der Waals surface area contributed by atoms with Crippen molar-refractivity contribution < 1.29 is 33.4 Å². The number of carbonyl (C=O) groups excluding carboxylic acids is 4. The number of nitrogens with zero attached hydrogens (tertiary/aromatic N) is 1. The molecule has 3 amide bonds. The summed E-state index contributed by atoms with van der Waals surface area (Å²) >= 11 is 0. The molecule has 42 heavy (non-hydrogen) atoms. The van der Waals surface area contributed by atoms with Crippen molar-refractivity contribution in [3.8, 4) is 5.75 Å². The minimum absolute atomic E-state index is 0.116. The molecule has 4 aliphatic rings. The Kier molecular flexibility index (Phi) is 9.49. The molecule has 3 N–H and O–H groups in total. The van der Waals surface area contributed by atoms with E-state index in [1.807, 2.05) is 17.0 Å². The number of hydrogen-bond donors (Lipinski definition) is 3. The molecule has 2 heterocycles. The first kappa shape index (κ1) is 30.4. The van der Waals surface area contributed by atoms with E-state index in [2.05, 4.69) is 16.0 Å². The summed E-state index contributed by atoms with van der Waals surface area (Å²) in [5.41, 5.74) is -0.0514. The van der Waals surface area contributed by atoms with Crippen molar-refractivity contribution in [3.63, 3.8) is 0 Å². The van der Waals surface area contributed by atoms with E-state index in [-0.39, 0.29) is 24.7 Å². The monoisotopic (exact) mass is 584 g/mol. The van der Waals surface area contributed by atoms with Gasteiger partial charge in [0, 0.05) is 19.5 Å². The molecule has 0 bridgehead atoms. The molecule has 2 aliphatic heterocycles. The lowest BCUT2D eigenvalue weighted by Gasteiger charge is -2.28. The number of methoxy groups -OCH3 is 1. The molecule has 1 aromatic rings. The summed E-state index contributed by atoms with van der Waals surface area (Å²) in [5, 5.41) is 8.57. The quantitative estimate of drug-likeness (QED) is 0.274. The number of benzene rings is 1. The number of ether oxygens (including phenoxy) is 3. The smallest absolute Gasteiger partial charge is 0.243 e. The molecule has 11 heteroatoms. The third-order valence-electron chi connectivity index (χ3n) is 9.12. The third kappa shape index (κ3) is 7.87. The number of fused-ring (bicyclic) bond motifs is 1. The van der Waals surface area contributed by atoms with Crippen LogP contribution in [-0.4, -0.2) is 98.7 Å². The zero-order valence-corrected chi connectivity index (χ0v) is 24.9. The lowest BCUT2D eigenvalue weighted by atomic mass is 9.89. The number of Topliss-reactive ketones (excluding diaryl/α,β-unsaturated/α-hetero) is 1. The molecule has 2 saturated heterocycles. The van der Waals surface area contributed by atoms with Gasteiger partial charge in [0.25, 0.3) is 0 Å². The van der Waals surface area contributed by atoms with Crippen molar-refractivity contribution in [1.82, 2.24) is 20.9 Å². The van der Waals surface area contributed by atoms with E-state index in [1.54, 1.807) is 33.1 Å². The van der Waals surface area contributed by atoms with Crippen molar-refractivity contribution >= 4 is 23.5 Å². The minimum atomic E-state index is -0.954. The zero-order chi connectivity index (χ0) is 29.9. The van der Waals surface area contributed by atoms with Gasteiger partial charge >= 0.3 is 0 Å². The molecule has 1 aromatic carbocycles. The third-order valence-corrected chi connectivity index (χ3v) is 9.12. The number of morpholine rings is 1. The molecule has 7 atom stereocenters. The largest absolute Gasteiger partial charge is 0.497 e. The van der Waals surface area contributed by atoms with E-state index in [4.69, 9.17) is 14.2 Å². The second-order valence-electron chi connectivity index (χ2n) is 12.6. The molecule has 11 nitrogen and oxygen atoms in total. The number of hydrogen-bond acceptors (Lipinski definition) is 8. The summed E-state index contributed by atoms with van der Waals surface area (Å²) in [5.74, 6) is 1.29. The fourth-order valence-electron chi connectivity index (χ4n) is 6.31. The Morgan fingerprint density at radius 3 is 2.24 bits per heavy atom. The molecule has 2 aliphatic carbocycles. The van der Waals surface area contributed by atoms with Gasteiger partial charge in [-0.25, -0.2) is 0 Å². The number of carbonyl (C=O) groups is 4. The van der Waals surface area contributed by atoms with E-state index >= 15 is 0 Å². The molecule has 2 saturated carbocycles. The molecule has 3 unspecified atom stereocenters. The Bertz CT molecular complexity index is 1140. The highest BCUT2D eigenvalue weighted by molar-refractivity contribution is 5.98. The molecule has 4 fully saturated rings. The van der Waals surface area contributed by atoms with Gasteiger partial charge in [0.1, 0.15) is 23.4 Å². The van der Waals surface area contributed by atoms with Crippen molar-refractivity contribution in [2.45, 2.75) is 69.7 Å². The van der Waals surface area contributed by atoms with Crippen LogP contribution in [0.4, 0.5) is 0 Å². The van der Waals surface area contributed by atoms with Crippen LogP contribution in [0.2, 0.25) is 0 Å². The average Bonchev–Trinajstić information content (AvgIpc) is 3.88. The fourth-order valence-corrected chi connectivity index (χ4v) is 6.31. The number of epoxide rings is 1. The maximum absolute atomic E-state index is 13.8. The zero-order valence-electron chi connectivity index (χ0n) is 24.9. The van der Waals surface area contributed by atoms with Gasteiger partial charge < -0.3 is 30.2 Å². The molecule has 0 radical (unpaired) electrons. The predicted molar refractivity (Wildman–Crippen MR) is 154 cm³/mol. The van der Waals surface area contributed by atoms with Crippen LogP contribution in [0.1, 0.15) is 45.1 Å². The first-order valence-electron chi connectivity index (χ1n) is 15.1.